The molecule has 148 valence electrons. The number of amides is 1. The number of hydrogen-bond donors (Lipinski definition) is 0. The number of para-hydroxylation sites is 1. The molecule has 5 nitrogen and oxygen atoms in total. The maximum atomic E-state index is 13.1. The summed E-state index contributed by atoms with van der Waals surface area (Å²) < 4.78 is 11.6. The van der Waals surface area contributed by atoms with Gasteiger partial charge in [-0.2, -0.15) is 0 Å². The molecule has 2 fully saturated rings. The molecule has 5 heteroatoms. The standard InChI is InChI=1S/C23H28N2O3/c26-23(25-14-12-24(13-15-25)17-21-10-6-16-27-21)22-11-5-4-7-19(22)18-28-20-8-2-1-3-9-20/h1-5,7-9,11,21H,6,10,12-18H2. The van der Waals surface area contributed by atoms with Crippen LogP contribution in [0.15, 0.2) is 54.6 Å². The lowest BCUT2D eigenvalue weighted by molar-refractivity contribution is 0.0431. The molecule has 0 bridgehead atoms. The maximum Gasteiger partial charge on any atom is 0.254 e. The minimum Gasteiger partial charge on any atom is -0.489 e. The lowest BCUT2D eigenvalue weighted by Crippen LogP contribution is -2.50. The molecule has 2 saturated heterocycles. The predicted octanol–water partition coefficient (Wildman–Crippen LogP) is 3.20. The highest BCUT2D eigenvalue weighted by Gasteiger charge is 2.26. The normalized spacial score (nSPS) is 20.3. The van der Waals surface area contributed by atoms with Gasteiger partial charge in [-0.1, -0.05) is 36.4 Å². The summed E-state index contributed by atoms with van der Waals surface area (Å²) in [6.45, 7) is 5.63. The summed E-state index contributed by atoms with van der Waals surface area (Å²) in [5, 5.41) is 0. The molecule has 0 aromatic heterocycles. The summed E-state index contributed by atoms with van der Waals surface area (Å²) in [6, 6.07) is 17.5. The molecule has 2 aromatic carbocycles. The van der Waals surface area contributed by atoms with Crippen LogP contribution >= 0.6 is 0 Å². The van der Waals surface area contributed by atoms with Crippen molar-refractivity contribution in [3.05, 3.63) is 65.7 Å². The summed E-state index contributed by atoms with van der Waals surface area (Å²) in [4.78, 5) is 17.5. The van der Waals surface area contributed by atoms with E-state index in [0.717, 1.165) is 62.6 Å². The Morgan fingerprint density at radius 3 is 2.50 bits per heavy atom. The quantitative estimate of drug-likeness (QED) is 0.772. The van der Waals surface area contributed by atoms with E-state index in [1.807, 2.05) is 59.5 Å². The van der Waals surface area contributed by atoms with Crippen LogP contribution in [0.2, 0.25) is 0 Å². The number of benzene rings is 2. The first kappa shape index (κ1) is 19.0. The Morgan fingerprint density at radius 2 is 1.75 bits per heavy atom. The Balaban J connectivity index is 1.34. The second kappa shape index (κ2) is 9.22. The minimum atomic E-state index is 0.101. The van der Waals surface area contributed by atoms with Crippen molar-refractivity contribution in [3.63, 3.8) is 0 Å². The van der Waals surface area contributed by atoms with E-state index >= 15 is 0 Å². The van der Waals surface area contributed by atoms with E-state index in [1.54, 1.807) is 0 Å². The summed E-state index contributed by atoms with van der Waals surface area (Å²) >= 11 is 0. The van der Waals surface area contributed by atoms with E-state index in [0.29, 0.717) is 12.7 Å². The molecule has 0 aliphatic carbocycles. The second-order valence-electron chi connectivity index (χ2n) is 7.49. The summed E-state index contributed by atoms with van der Waals surface area (Å²) in [7, 11) is 0. The fourth-order valence-electron chi connectivity index (χ4n) is 3.91. The number of nitrogens with zero attached hydrogens (tertiary/aromatic N) is 2. The molecule has 0 saturated carbocycles. The third kappa shape index (κ3) is 4.72. The van der Waals surface area contributed by atoms with Gasteiger partial charge in [-0.05, 0) is 31.0 Å². The molecule has 1 unspecified atom stereocenters. The van der Waals surface area contributed by atoms with Crippen molar-refractivity contribution >= 4 is 5.91 Å². The number of rotatable bonds is 6. The highest BCUT2D eigenvalue weighted by atomic mass is 16.5. The number of hydrogen-bond acceptors (Lipinski definition) is 4. The van der Waals surface area contributed by atoms with E-state index in [2.05, 4.69) is 4.90 Å². The van der Waals surface area contributed by atoms with Crippen LogP contribution in [0, 0.1) is 0 Å². The topological polar surface area (TPSA) is 42.0 Å². The zero-order valence-corrected chi connectivity index (χ0v) is 16.3. The molecule has 4 rings (SSSR count). The monoisotopic (exact) mass is 380 g/mol. The van der Waals surface area contributed by atoms with Crippen molar-refractivity contribution in [2.45, 2.75) is 25.6 Å². The lowest BCUT2D eigenvalue weighted by atomic mass is 10.1. The molecule has 0 radical (unpaired) electrons. The molecule has 28 heavy (non-hydrogen) atoms. The molecule has 0 N–H and O–H groups in total. The van der Waals surface area contributed by atoms with Gasteiger partial charge in [0.15, 0.2) is 0 Å². The van der Waals surface area contributed by atoms with Gasteiger partial charge in [-0.3, -0.25) is 9.69 Å². The third-order valence-corrected chi connectivity index (χ3v) is 5.53. The van der Waals surface area contributed by atoms with E-state index in [9.17, 15) is 4.79 Å². The van der Waals surface area contributed by atoms with Gasteiger partial charge in [-0.25, -0.2) is 0 Å². The maximum absolute atomic E-state index is 13.1. The van der Waals surface area contributed by atoms with Crippen LogP contribution < -0.4 is 4.74 Å². The average molecular weight is 380 g/mol. The Labute approximate surface area is 166 Å². The van der Waals surface area contributed by atoms with Gasteiger partial charge in [0.05, 0.1) is 6.10 Å². The molecule has 2 heterocycles. The first-order valence-corrected chi connectivity index (χ1v) is 10.2. The molecular weight excluding hydrogens is 352 g/mol. The molecule has 1 atom stereocenters. The molecule has 0 spiro atoms. The first-order valence-electron chi connectivity index (χ1n) is 10.2. The van der Waals surface area contributed by atoms with Crippen LogP contribution in [0.5, 0.6) is 5.75 Å². The Morgan fingerprint density at radius 1 is 1.00 bits per heavy atom. The number of ether oxygens (including phenoxy) is 2. The average Bonchev–Trinajstić information content (AvgIpc) is 3.26. The van der Waals surface area contributed by atoms with Crippen molar-refractivity contribution in [1.82, 2.24) is 9.80 Å². The summed E-state index contributed by atoms with van der Waals surface area (Å²) in [5.41, 5.74) is 1.67. The van der Waals surface area contributed by atoms with Crippen LogP contribution in [0.3, 0.4) is 0 Å². The van der Waals surface area contributed by atoms with Crippen LogP contribution in [0.4, 0.5) is 0 Å². The fraction of sp³-hybridized carbons (Fsp3) is 0.435. The predicted molar refractivity (Wildman–Crippen MR) is 109 cm³/mol. The molecular formula is C23H28N2O3. The van der Waals surface area contributed by atoms with Gasteiger partial charge in [-0.15, -0.1) is 0 Å². The van der Waals surface area contributed by atoms with Crippen LogP contribution in [-0.2, 0) is 11.3 Å². The minimum absolute atomic E-state index is 0.101. The molecule has 2 aliphatic heterocycles. The zero-order chi connectivity index (χ0) is 19.2. The van der Waals surface area contributed by atoms with Gasteiger partial charge in [0.25, 0.3) is 5.91 Å². The summed E-state index contributed by atoms with van der Waals surface area (Å²) in [6.07, 6.45) is 2.71. The smallest absolute Gasteiger partial charge is 0.254 e. The van der Waals surface area contributed by atoms with Gasteiger partial charge >= 0.3 is 0 Å². The fourth-order valence-corrected chi connectivity index (χ4v) is 3.91. The number of piperazine rings is 1. The zero-order valence-electron chi connectivity index (χ0n) is 16.3. The van der Waals surface area contributed by atoms with Crippen molar-refractivity contribution in [2.24, 2.45) is 0 Å². The third-order valence-electron chi connectivity index (χ3n) is 5.53. The molecule has 2 aromatic rings. The SMILES string of the molecule is O=C(c1ccccc1COc1ccccc1)N1CCN(CC2CCCO2)CC1. The largest absolute Gasteiger partial charge is 0.489 e. The van der Waals surface area contributed by atoms with Crippen molar-refractivity contribution < 1.29 is 14.3 Å². The number of carbonyl (C=O) groups excluding carboxylic acids is 1. The van der Waals surface area contributed by atoms with Crippen molar-refractivity contribution in [2.75, 3.05) is 39.3 Å². The Hall–Kier alpha value is -2.37. The van der Waals surface area contributed by atoms with Gasteiger partial charge in [0.1, 0.15) is 12.4 Å². The highest BCUT2D eigenvalue weighted by Crippen LogP contribution is 2.18. The van der Waals surface area contributed by atoms with Crippen LogP contribution in [0.25, 0.3) is 0 Å². The first-order chi connectivity index (χ1) is 13.8. The molecule has 2 aliphatic rings. The van der Waals surface area contributed by atoms with Gasteiger partial charge in [0, 0.05) is 50.5 Å². The van der Waals surface area contributed by atoms with Crippen LogP contribution in [-0.4, -0.2) is 61.1 Å². The molecule has 1 amide bonds. The van der Waals surface area contributed by atoms with Gasteiger partial charge in [0.2, 0.25) is 0 Å². The van der Waals surface area contributed by atoms with Crippen LogP contribution in [0.1, 0.15) is 28.8 Å². The number of carbonyl (C=O) groups is 1. The van der Waals surface area contributed by atoms with E-state index < -0.39 is 0 Å². The van der Waals surface area contributed by atoms with Gasteiger partial charge < -0.3 is 14.4 Å². The lowest BCUT2D eigenvalue weighted by Gasteiger charge is -2.36. The van der Waals surface area contributed by atoms with E-state index in [4.69, 9.17) is 9.47 Å². The Kier molecular flexibility index (Phi) is 6.24. The highest BCUT2D eigenvalue weighted by molar-refractivity contribution is 5.95. The van der Waals surface area contributed by atoms with E-state index in [-0.39, 0.29) is 5.91 Å². The second-order valence-corrected chi connectivity index (χ2v) is 7.49. The summed E-state index contributed by atoms with van der Waals surface area (Å²) in [5.74, 6) is 0.913. The Bertz CT molecular complexity index is 766. The van der Waals surface area contributed by atoms with E-state index in [1.165, 1.54) is 6.42 Å². The van der Waals surface area contributed by atoms with Crippen molar-refractivity contribution in [3.8, 4) is 5.75 Å². The van der Waals surface area contributed by atoms with Crippen molar-refractivity contribution in [1.29, 1.82) is 0 Å².